The monoisotopic (exact) mass is 378 g/mol. The van der Waals surface area contributed by atoms with E-state index in [0.29, 0.717) is 24.4 Å². The van der Waals surface area contributed by atoms with E-state index in [4.69, 9.17) is 5.73 Å². The first-order chi connectivity index (χ1) is 11.7. The van der Waals surface area contributed by atoms with Crippen LogP contribution in [0, 0.1) is 5.92 Å². The van der Waals surface area contributed by atoms with Crippen LogP contribution in [0.5, 0.6) is 0 Å². The van der Waals surface area contributed by atoms with Gasteiger partial charge in [-0.05, 0) is 19.8 Å². The van der Waals surface area contributed by atoms with Crippen molar-refractivity contribution in [3.63, 3.8) is 0 Å². The molecule has 0 aliphatic carbocycles. The normalized spacial score (nSPS) is 18.3. The molecule has 25 heavy (non-hydrogen) atoms. The molecule has 2 amide bonds. The average Bonchev–Trinajstić information content (AvgIpc) is 3.07. The molecule has 0 spiro atoms. The smallest absolute Gasteiger partial charge is 0.336 e. The van der Waals surface area contributed by atoms with Gasteiger partial charge < -0.3 is 15.5 Å². The van der Waals surface area contributed by atoms with Gasteiger partial charge in [-0.3, -0.25) is 9.59 Å². The van der Waals surface area contributed by atoms with E-state index in [0.717, 1.165) is 4.90 Å². The van der Waals surface area contributed by atoms with Crippen LogP contribution in [0.25, 0.3) is 0 Å². The van der Waals surface area contributed by atoms with Gasteiger partial charge in [0.25, 0.3) is 5.91 Å². The Balaban J connectivity index is 2.04. The lowest BCUT2D eigenvalue weighted by atomic mass is 9.96. The standard InChI is InChI=1S/C15H21F3N4O2S/c1-2-21(9-15(16,17)18)13(23)10-4-3-5-22(7-10)14(24)11-8-25-12(6-19)20-11/h8,10H,2-7,9,19H2,1H3. The average molecular weight is 378 g/mol. The van der Waals surface area contributed by atoms with E-state index >= 15 is 0 Å². The molecule has 0 aromatic carbocycles. The highest BCUT2D eigenvalue weighted by Crippen LogP contribution is 2.23. The number of thiazole rings is 1. The number of alkyl halides is 3. The second-order valence-corrected chi connectivity index (χ2v) is 6.83. The van der Waals surface area contributed by atoms with Crippen molar-refractivity contribution in [3.8, 4) is 0 Å². The molecule has 0 bridgehead atoms. The second-order valence-electron chi connectivity index (χ2n) is 5.89. The Kier molecular flexibility index (Phi) is 6.39. The van der Waals surface area contributed by atoms with Crippen LogP contribution in [-0.4, -0.2) is 59.0 Å². The molecule has 1 fully saturated rings. The molecular weight excluding hydrogens is 357 g/mol. The maximum absolute atomic E-state index is 12.6. The highest BCUT2D eigenvalue weighted by Gasteiger charge is 2.37. The van der Waals surface area contributed by atoms with Gasteiger partial charge in [0, 0.05) is 31.6 Å². The first kappa shape index (κ1) is 19.6. The molecule has 1 aliphatic rings. The highest BCUT2D eigenvalue weighted by atomic mass is 32.1. The number of nitrogens with two attached hydrogens (primary N) is 1. The number of piperidine rings is 1. The Morgan fingerprint density at radius 1 is 1.48 bits per heavy atom. The van der Waals surface area contributed by atoms with Crippen LogP contribution in [0.4, 0.5) is 13.2 Å². The number of carbonyl (C=O) groups is 2. The van der Waals surface area contributed by atoms with Gasteiger partial charge >= 0.3 is 6.18 Å². The van der Waals surface area contributed by atoms with E-state index in [1.807, 2.05) is 0 Å². The molecule has 1 unspecified atom stereocenters. The molecule has 1 saturated heterocycles. The Morgan fingerprint density at radius 3 is 2.76 bits per heavy atom. The minimum absolute atomic E-state index is 0.0191. The zero-order valence-corrected chi connectivity index (χ0v) is 14.7. The molecule has 1 atom stereocenters. The number of carbonyl (C=O) groups excluding carboxylic acids is 2. The number of hydrogen-bond donors (Lipinski definition) is 1. The largest absolute Gasteiger partial charge is 0.406 e. The van der Waals surface area contributed by atoms with E-state index in [9.17, 15) is 22.8 Å². The summed E-state index contributed by atoms with van der Waals surface area (Å²) in [4.78, 5) is 31.3. The summed E-state index contributed by atoms with van der Waals surface area (Å²) in [5.41, 5.74) is 5.75. The Bertz CT molecular complexity index is 620. The van der Waals surface area contributed by atoms with Gasteiger partial charge in [0.15, 0.2) is 0 Å². The number of rotatable bonds is 5. The van der Waals surface area contributed by atoms with Gasteiger partial charge in [0.1, 0.15) is 17.2 Å². The second kappa shape index (κ2) is 8.13. The van der Waals surface area contributed by atoms with Crippen molar-refractivity contribution in [1.82, 2.24) is 14.8 Å². The first-order valence-corrected chi connectivity index (χ1v) is 8.92. The lowest BCUT2D eigenvalue weighted by Gasteiger charge is -2.34. The van der Waals surface area contributed by atoms with Crippen molar-refractivity contribution in [2.24, 2.45) is 11.7 Å². The summed E-state index contributed by atoms with van der Waals surface area (Å²) in [6, 6.07) is 0. The molecule has 10 heteroatoms. The molecule has 6 nitrogen and oxygen atoms in total. The molecule has 2 heterocycles. The third-order valence-electron chi connectivity index (χ3n) is 4.07. The van der Waals surface area contributed by atoms with Crippen molar-refractivity contribution < 1.29 is 22.8 Å². The predicted molar refractivity (Wildman–Crippen MR) is 86.9 cm³/mol. The summed E-state index contributed by atoms with van der Waals surface area (Å²) in [5, 5.41) is 2.24. The van der Waals surface area contributed by atoms with E-state index in [-0.39, 0.29) is 31.2 Å². The third kappa shape index (κ3) is 5.15. The number of likely N-dealkylation sites (tertiary alicyclic amines) is 1. The maximum Gasteiger partial charge on any atom is 0.406 e. The highest BCUT2D eigenvalue weighted by molar-refractivity contribution is 7.09. The van der Waals surface area contributed by atoms with Gasteiger partial charge in [-0.2, -0.15) is 13.2 Å². The van der Waals surface area contributed by atoms with Crippen molar-refractivity contribution in [3.05, 3.63) is 16.1 Å². The van der Waals surface area contributed by atoms with Crippen LogP contribution < -0.4 is 5.73 Å². The molecule has 1 aromatic heterocycles. The van der Waals surface area contributed by atoms with Crippen LogP contribution in [0.15, 0.2) is 5.38 Å². The molecule has 1 aromatic rings. The lowest BCUT2D eigenvalue weighted by Crippen LogP contribution is -2.48. The fourth-order valence-corrected chi connectivity index (χ4v) is 3.50. The van der Waals surface area contributed by atoms with Gasteiger partial charge in [-0.15, -0.1) is 11.3 Å². The van der Waals surface area contributed by atoms with Crippen molar-refractivity contribution in [1.29, 1.82) is 0 Å². The van der Waals surface area contributed by atoms with Crippen molar-refractivity contribution in [2.75, 3.05) is 26.2 Å². The molecule has 0 radical (unpaired) electrons. The fourth-order valence-electron chi connectivity index (χ4n) is 2.85. The number of hydrogen-bond acceptors (Lipinski definition) is 5. The summed E-state index contributed by atoms with van der Waals surface area (Å²) in [6.07, 6.45) is -3.39. The number of amides is 2. The summed E-state index contributed by atoms with van der Waals surface area (Å²) in [7, 11) is 0. The Hall–Kier alpha value is -1.68. The summed E-state index contributed by atoms with van der Waals surface area (Å²) >= 11 is 1.28. The van der Waals surface area contributed by atoms with Gasteiger partial charge in [-0.1, -0.05) is 0 Å². The third-order valence-corrected chi connectivity index (χ3v) is 4.94. The van der Waals surface area contributed by atoms with E-state index in [2.05, 4.69) is 4.98 Å². The molecule has 0 saturated carbocycles. The quantitative estimate of drug-likeness (QED) is 0.848. The van der Waals surface area contributed by atoms with E-state index < -0.39 is 24.5 Å². The zero-order valence-electron chi connectivity index (χ0n) is 13.9. The zero-order chi connectivity index (χ0) is 18.6. The Morgan fingerprint density at radius 2 is 2.20 bits per heavy atom. The molecular formula is C15H21F3N4O2S. The molecule has 140 valence electrons. The van der Waals surface area contributed by atoms with Crippen molar-refractivity contribution >= 4 is 23.2 Å². The van der Waals surface area contributed by atoms with Crippen LogP contribution in [-0.2, 0) is 11.3 Å². The van der Waals surface area contributed by atoms with Gasteiger partial charge in [0.05, 0.1) is 5.92 Å². The number of nitrogens with zero attached hydrogens (tertiary/aromatic N) is 3. The number of aromatic nitrogens is 1. The first-order valence-electron chi connectivity index (χ1n) is 8.04. The van der Waals surface area contributed by atoms with Crippen LogP contribution in [0.2, 0.25) is 0 Å². The molecule has 2 N–H and O–H groups in total. The lowest BCUT2D eigenvalue weighted by molar-refractivity contribution is -0.164. The van der Waals surface area contributed by atoms with Gasteiger partial charge in [0.2, 0.25) is 5.91 Å². The molecule has 1 aliphatic heterocycles. The van der Waals surface area contributed by atoms with Crippen LogP contribution >= 0.6 is 11.3 Å². The van der Waals surface area contributed by atoms with Crippen molar-refractivity contribution in [2.45, 2.75) is 32.5 Å². The van der Waals surface area contributed by atoms with Gasteiger partial charge in [-0.25, -0.2) is 4.98 Å². The molecule has 2 rings (SSSR count). The van der Waals surface area contributed by atoms with E-state index in [1.165, 1.54) is 23.2 Å². The minimum Gasteiger partial charge on any atom is -0.336 e. The minimum atomic E-state index is -4.44. The maximum atomic E-state index is 12.6. The van der Waals surface area contributed by atoms with E-state index in [1.54, 1.807) is 5.38 Å². The summed E-state index contributed by atoms with van der Waals surface area (Å²) < 4.78 is 37.8. The SMILES string of the molecule is CCN(CC(F)(F)F)C(=O)C1CCCN(C(=O)c2csc(CN)n2)C1. The number of halogens is 3. The van der Waals surface area contributed by atoms with Crippen LogP contribution in [0.1, 0.15) is 35.3 Å². The fraction of sp³-hybridized carbons (Fsp3) is 0.667. The topological polar surface area (TPSA) is 79.5 Å². The van der Waals surface area contributed by atoms with Crippen LogP contribution in [0.3, 0.4) is 0 Å². The summed E-state index contributed by atoms with van der Waals surface area (Å²) in [6.45, 7) is 1.04. The predicted octanol–water partition coefficient (Wildman–Crippen LogP) is 1.86. The Labute approximate surface area is 147 Å². The summed E-state index contributed by atoms with van der Waals surface area (Å²) in [5.74, 6) is -1.49.